The van der Waals surface area contributed by atoms with E-state index < -0.39 is 0 Å². The van der Waals surface area contributed by atoms with Gasteiger partial charge in [-0.25, -0.2) is 9.78 Å². The van der Waals surface area contributed by atoms with E-state index in [1.807, 2.05) is 32.0 Å². The van der Waals surface area contributed by atoms with Crippen molar-refractivity contribution in [3.8, 4) is 5.88 Å². The van der Waals surface area contributed by atoms with Crippen molar-refractivity contribution in [2.24, 2.45) is 0 Å². The van der Waals surface area contributed by atoms with Gasteiger partial charge in [0.2, 0.25) is 5.88 Å². The Morgan fingerprint density at radius 1 is 1.30 bits per heavy atom. The molecular formula is C17H18ClN3O2. The Kier molecular flexibility index (Phi) is 4.39. The number of hydrogen-bond acceptors (Lipinski definition) is 3. The van der Waals surface area contributed by atoms with E-state index in [4.69, 9.17) is 16.3 Å². The first kappa shape index (κ1) is 15.6. The summed E-state index contributed by atoms with van der Waals surface area (Å²) in [5.74, 6) is 0.411. The predicted octanol–water partition coefficient (Wildman–Crippen LogP) is 3.65. The van der Waals surface area contributed by atoms with Gasteiger partial charge in [-0.1, -0.05) is 17.7 Å². The molecule has 0 radical (unpaired) electrons. The first-order chi connectivity index (χ1) is 11.0. The number of urea groups is 1. The molecule has 120 valence electrons. The summed E-state index contributed by atoms with van der Waals surface area (Å²) in [5, 5.41) is 3.37. The van der Waals surface area contributed by atoms with Crippen LogP contribution in [-0.2, 0) is 0 Å². The molecule has 0 atom stereocenters. The van der Waals surface area contributed by atoms with Gasteiger partial charge in [-0.3, -0.25) is 0 Å². The second-order valence-electron chi connectivity index (χ2n) is 5.66. The molecule has 3 rings (SSSR count). The summed E-state index contributed by atoms with van der Waals surface area (Å²) in [7, 11) is 0. The Morgan fingerprint density at radius 2 is 2.09 bits per heavy atom. The minimum absolute atomic E-state index is 0.0760. The van der Waals surface area contributed by atoms with Crippen molar-refractivity contribution in [3.63, 3.8) is 0 Å². The quantitative estimate of drug-likeness (QED) is 0.934. The van der Waals surface area contributed by atoms with E-state index in [9.17, 15) is 4.79 Å². The van der Waals surface area contributed by atoms with Crippen LogP contribution < -0.4 is 10.1 Å². The number of halogens is 1. The minimum atomic E-state index is -0.125. The third kappa shape index (κ3) is 3.56. The maximum absolute atomic E-state index is 12.2. The first-order valence-corrected chi connectivity index (χ1v) is 7.81. The van der Waals surface area contributed by atoms with Crippen LogP contribution in [0.3, 0.4) is 0 Å². The molecule has 1 aromatic heterocycles. The lowest BCUT2D eigenvalue weighted by Gasteiger charge is -2.38. The number of pyridine rings is 1. The summed E-state index contributed by atoms with van der Waals surface area (Å²) in [4.78, 5) is 17.9. The predicted molar refractivity (Wildman–Crippen MR) is 90.2 cm³/mol. The van der Waals surface area contributed by atoms with E-state index >= 15 is 0 Å². The Labute approximate surface area is 140 Å². The van der Waals surface area contributed by atoms with Gasteiger partial charge in [0.05, 0.1) is 13.1 Å². The molecule has 23 heavy (non-hydrogen) atoms. The number of likely N-dealkylation sites (tertiary alicyclic amines) is 1. The highest BCUT2D eigenvalue weighted by Crippen LogP contribution is 2.24. The number of hydrogen-bond donors (Lipinski definition) is 1. The maximum Gasteiger partial charge on any atom is 0.322 e. The molecule has 2 heterocycles. The number of carbonyl (C=O) groups excluding carboxylic acids is 1. The molecule has 0 bridgehead atoms. The summed E-state index contributed by atoms with van der Waals surface area (Å²) < 4.78 is 5.68. The van der Waals surface area contributed by atoms with Crippen LogP contribution in [0.5, 0.6) is 5.88 Å². The van der Waals surface area contributed by atoms with E-state index in [1.165, 1.54) is 5.56 Å². The molecule has 0 aliphatic carbocycles. The second kappa shape index (κ2) is 6.46. The van der Waals surface area contributed by atoms with Gasteiger partial charge in [-0.2, -0.15) is 0 Å². The Balaban J connectivity index is 1.52. The molecule has 0 saturated carbocycles. The Hall–Kier alpha value is -2.27. The molecule has 0 unspecified atom stereocenters. The third-order valence-corrected chi connectivity index (χ3v) is 4.18. The SMILES string of the molecule is Cc1ccc(NC(=O)N2CC(Oc3ncccc3Cl)C2)cc1C. The van der Waals surface area contributed by atoms with Crippen LogP contribution in [0.4, 0.5) is 10.5 Å². The summed E-state index contributed by atoms with van der Waals surface area (Å²) >= 11 is 6.00. The molecular weight excluding hydrogens is 314 g/mol. The van der Waals surface area contributed by atoms with Gasteiger partial charge in [0.25, 0.3) is 0 Å². The standard InChI is InChI=1S/C17H18ClN3O2/c1-11-5-6-13(8-12(11)2)20-17(22)21-9-14(10-21)23-16-15(18)4-3-7-19-16/h3-8,14H,9-10H2,1-2H3,(H,20,22). The molecule has 6 heteroatoms. The lowest BCUT2D eigenvalue weighted by Crippen LogP contribution is -2.57. The van der Waals surface area contributed by atoms with Crippen LogP contribution in [0.1, 0.15) is 11.1 Å². The molecule has 2 aromatic rings. The molecule has 1 fully saturated rings. The van der Waals surface area contributed by atoms with Gasteiger partial charge in [0, 0.05) is 11.9 Å². The lowest BCUT2D eigenvalue weighted by atomic mass is 10.1. The van der Waals surface area contributed by atoms with Crippen molar-refractivity contribution in [1.29, 1.82) is 0 Å². The van der Waals surface area contributed by atoms with Crippen molar-refractivity contribution in [1.82, 2.24) is 9.88 Å². The van der Waals surface area contributed by atoms with Gasteiger partial charge in [-0.05, 0) is 49.2 Å². The van der Waals surface area contributed by atoms with Gasteiger partial charge in [0.15, 0.2) is 0 Å². The Bertz CT molecular complexity index is 730. The van der Waals surface area contributed by atoms with Crippen molar-refractivity contribution in [2.45, 2.75) is 20.0 Å². The molecule has 2 amide bonds. The summed E-state index contributed by atoms with van der Waals surface area (Å²) in [6.07, 6.45) is 1.55. The number of amides is 2. The first-order valence-electron chi connectivity index (χ1n) is 7.43. The van der Waals surface area contributed by atoms with E-state index in [1.54, 1.807) is 23.2 Å². The summed E-state index contributed by atoms with van der Waals surface area (Å²) in [6.45, 7) is 5.10. The van der Waals surface area contributed by atoms with Crippen molar-refractivity contribution < 1.29 is 9.53 Å². The number of aromatic nitrogens is 1. The fourth-order valence-corrected chi connectivity index (χ4v) is 2.48. The summed E-state index contributed by atoms with van der Waals surface area (Å²) in [6, 6.07) is 9.22. The highest BCUT2D eigenvalue weighted by atomic mass is 35.5. The molecule has 1 N–H and O–H groups in total. The van der Waals surface area contributed by atoms with Crippen molar-refractivity contribution in [2.75, 3.05) is 18.4 Å². The van der Waals surface area contributed by atoms with Crippen LogP contribution in [0.25, 0.3) is 0 Å². The number of nitrogens with zero attached hydrogens (tertiary/aromatic N) is 2. The van der Waals surface area contributed by atoms with Crippen LogP contribution in [0.15, 0.2) is 36.5 Å². The minimum Gasteiger partial charge on any atom is -0.470 e. The smallest absolute Gasteiger partial charge is 0.322 e. The van der Waals surface area contributed by atoms with Crippen LogP contribution in [-0.4, -0.2) is 35.1 Å². The average Bonchev–Trinajstić information content (AvgIpc) is 2.48. The number of nitrogens with one attached hydrogen (secondary N) is 1. The van der Waals surface area contributed by atoms with Gasteiger partial charge in [0.1, 0.15) is 11.1 Å². The zero-order chi connectivity index (χ0) is 16.4. The van der Waals surface area contributed by atoms with Gasteiger partial charge in [-0.15, -0.1) is 0 Å². The second-order valence-corrected chi connectivity index (χ2v) is 6.07. The van der Waals surface area contributed by atoms with E-state index in [0.717, 1.165) is 11.3 Å². The monoisotopic (exact) mass is 331 g/mol. The largest absolute Gasteiger partial charge is 0.470 e. The van der Waals surface area contributed by atoms with Crippen LogP contribution >= 0.6 is 11.6 Å². The van der Waals surface area contributed by atoms with Gasteiger partial charge < -0.3 is 15.0 Å². The average molecular weight is 332 g/mol. The van der Waals surface area contributed by atoms with Crippen LogP contribution in [0.2, 0.25) is 5.02 Å². The van der Waals surface area contributed by atoms with Crippen molar-refractivity contribution >= 4 is 23.3 Å². The number of ether oxygens (including phenoxy) is 1. The number of aryl methyl sites for hydroxylation is 2. The molecule has 1 aliphatic heterocycles. The maximum atomic E-state index is 12.2. The number of anilines is 1. The topological polar surface area (TPSA) is 54.5 Å². The highest BCUT2D eigenvalue weighted by molar-refractivity contribution is 6.31. The lowest BCUT2D eigenvalue weighted by molar-refractivity contribution is 0.0462. The van der Waals surface area contributed by atoms with Gasteiger partial charge >= 0.3 is 6.03 Å². The van der Waals surface area contributed by atoms with E-state index in [0.29, 0.717) is 24.0 Å². The molecule has 1 saturated heterocycles. The Morgan fingerprint density at radius 3 is 2.78 bits per heavy atom. The van der Waals surface area contributed by atoms with Crippen molar-refractivity contribution in [3.05, 3.63) is 52.7 Å². The molecule has 0 spiro atoms. The number of rotatable bonds is 3. The normalized spacial score (nSPS) is 14.3. The molecule has 1 aliphatic rings. The third-order valence-electron chi connectivity index (χ3n) is 3.90. The molecule has 5 nitrogen and oxygen atoms in total. The zero-order valence-electron chi connectivity index (χ0n) is 13.0. The fraction of sp³-hybridized carbons (Fsp3) is 0.294. The van der Waals surface area contributed by atoms with E-state index in [-0.39, 0.29) is 12.1 Å². The van der Waals surface area contributed by atoms with E-state index in [2.05, 4.69) is 10.3 Å². The summed E-state index contributed by atoms with van der Waals surface area (Å²) in [5.41, 5.74) is 3.15. The fourth-order valence-electron chi connectivity index (χ4n) is 2.32. The van der Waals surface area contributed by atoms with Crippen LogP contribution in [0, 0.1) is 13.8 Å². The zero-order valence-corrected chi connectivity index (χ0v) is 13.8. The number of benzene rings is 1. The number of carbonyl (C=O) groups is 1. The highest BCUT2D eigenvalue weighted by Gasteiger charge is 2.33. The molecule has 1 aromatic carbocycles.